The van der Waals surface area contributed by atoms with E-state index >= 15 is 0 Å². The van der Waals surface area contributed by atoms with E-state index in [9.17, 15) is 4.79 Å². The molecule has 0 unspecified atom stereocenters. The van der Waals surface area contributed by atoms with Crippen LogP contribution in [-0.4, -0.2) is 28.4 Å². The predicted octanol–water partition coefficient (Wildman–Crippen LogP) is 2.14. The van der Waals surface area contributed by atoms with Gasteiger partial charge >= 0.3 is 0 Å². The van der Waals surface area contributed by atoms with Crippen LogP contribution in [0.5, 0.6) is 0 Å². The molecule has 0 aliphatic carbocycles. The fraction of sp³-hybridized carbons (Fsp3) is 0.556. The van der Waals surface area contributed by atoms with Gasteiger partial charge in [0, 0.05) is 18.4 Å². The van der Waals surface area contributed by atoms with Gasteiger partial charge in [0.1, 0.15) is 10.3 Å². The molecule has 15 heavy (non-hydrogen) atoms. The summed E-state index contributed by atoms with van der Waals surface area (Å²) in [5.74, 6) is 0.708. The number of alkyl halides is 1. The Morgan fingerprint density at radius 1 is 1.53 bits per heavy atom. The lowest BCUT2D eigenvalue weighted by Crippen LogP contribution is -2.29. The summed E-state index contributed by atoms with van der Waals surface area (Å²) >= 11 is 6.65. The molecule has 0 aliphatic rings. The Labute approximate surface area is 105 Å². The normalized spacial score (nSPS) is 10.3. The van der Waals surface area contributed by atoms with Crippen molar-refractivity contribution in [2.75, 3.05) is 23.3 Å². The van der Waals surface area contributed by atoms with Crippen LogP contribution in [0.4, 0.5) is 5.82 Å². The average Bonchev–Trinajstić information content (AvgIpc) is 2.22. The van der Waals surface area contributed by atoms with Crippen molar-refractivity contribution in [1.82, 2.24) is 9.97 Å². The fourth-order valence-electron chi connectivity index (χ4n) is 1.29. The number of aromatic amines is 1. The van der Waals surface area contributed by atoms with Crippen LogP contribution < -0.4 is 10.5 Å². The second kappa shape index (κ2) is 6.27. The largest absolute Gasteiger partial charge is 0.355 e. The van der Waals surface area contributed by atoms with Gasteiger partial charge in [-0.15, -0.1) is 0 Å². The molecule has 0 saturated heterocycles. The molecule has 0 amide bonds. The number of H-pyrrole nitrogens is 1. The first kappa shape index (κ1) is 12.7. The molecular weight excluding hydrogens is 326 g/mol. The quantitative estimate of drug-likeness (QED) is 0.837. The zero-order valence-corrected chi connectivity index (χ0v) is 11.6. The van der Waals surface area contributed by atoms with E-state index in [0.717, 1.165) is 24.8 Å². The summed E-state index contributed by atoms with van der Waals surface area (Å²) in [5, 5.41) is 0.855. The molecule has 0 spiro atoms. The Morgan fingerprint density at radius 3 is 2.87 bits per heavy atom. The average molecular weight is 339 g/mol. The summed E-state index contributed by atoms with van der Waals surface area (Å²) in [6.45, 7) is 3.83. The number of hydrogen-bond acceptors (Lipinski definition) is 3. The summed E-state index contributed by atoms with van der Waals surface area (Å²) in [6.07, 6.45) is 2.45. The summed E-state index contributed by atoms with van der Waals surface area (Å²) in [5.41, 5.74) is -0.143. The minimum Gasteiger partial charge on any atom is -0.355 e. The Balaban J connectivity index is 2.99. The fourth-order valence-corrected chi connectivity index (χ4v) is 2.19. The Bertz CT molecular complexity index is 361. The van der Waals surface area contributed by atoms with Crippen molar-refractivity contribution in [2.45, 2.75) is 13.3 Å². The molecule has 0 radical (unpaired) electrons. The number of hydrogen-bond donors (Lipinski definition) is 1. The lowest BCUT2D eigenvalue weighted by atomic mass is 10.4. The minimum absolute atomic E-state index is 0.143. The molecule has 4 nitrogen and oxygen atoms in total. The second-order valence-corrected chi connectivity index (χ2v) is 4.63. The molecule has 0 atom stereocenters. The van der Waals surface area contributed by atoms with Gasteiger partial charge in [-0.2, -0.15) is 0 Å². The van der Waals surface area contributed by atoms with E-state index in [4.69, 9.17) is 0 Å². The van der Waals surface area contributed by atoms with Crippen molar-refractivity contribution in [3.8, 4) is 0 Å². The van der Waals surface area contributed by atoms with Gasteiger partial charge in [-0.1, -0.05) is 22.9 Å². The molecule has 6 heteroatoms. The van der Waals surface area contributed by atoms with E-state index in [1.54, 1.807) is 0 Å². The van der Waals surface area contributed by atoms with Crippen molar-refractivity contribution in [3.63, 3.8) is 0 Å². The van der Waals surface area contributed by atoms with Crippen molar-refractivity contribution in [2.24, 2.45) is 0 Å². The molecule has 1 heterocycles. The molecule has 1 N–H and O–H groups in total. The van der Waals surface area contributed by atoms with Crippen molar-refractivity contribution < 1.29 is 0 Å². The number of anilines is 1. The third-order valence-corrected chi connectivity index (χ3v) is 3.00. The molecule has 0 aromatic carbocycles. The van der Waals surface area contributed by atoms with E-state index in [1.165, 1.54) is 6.33 Å². The van der Waals surface area contributed by atoms with E-state index < -0.39 is 0 Å². The Kier molecular flexibility index (Phi) is 5.31. The second-order valence-electron chi connectivity index (χ2n) is 3.05. The van der Waals surface area contributed by atoms with Gasteiger partial charge in [0.15, 0.2) is 0 Å². The van der Waals surface area contributed by atoms with Gasteiger partial charge in [-0.05, 0) is 22.4 Å². The molecule has 0 fully saturated rings. The highest BCUT2D eigenvalue weighted by Crippen LogP contribution is 2.19. The first-order valence-electron chi connectivity index (χ1n) is 4.74. The number of halogens is 2. The molecular formula is C9H13Br2N3O. The summed E-state index contributed by atoms with van der Waals surface area (Å²) < 4.78 is 0.499. The molecule has 84 valence electrons. The van der Waals surface area contributed by atoms with Crippen molar-refractivity contribution >= 4 is 37.7 Å². The standard InChI is InChI=1S/C9H13Br2N3O/c1-2-4-14(5-3-10)8-7(11)9(15)13-6-12-8/h6H,2-5H2,1H3,(H,12,13,15). The highest BCUT2D eigenvalue weighted by molar-refractivity contribution is 9.10. The van der Waals surface area contributed by atoms with Crippen LogP contribution in [0.3, 0.4) is 0 Å². The maximum atomic E-state index is 11.4. The molecule has 1 aromatic heterocycles. The number of nitrogens with zero attached hydrogens (tertiary/aromatic N) is 2. The molecule has 1 aromatic rings. The van der Waals surface area contributed by atoms with Gasteiger partial charge in [0.25, 0.3) is 5.56 Å². The van der Waals surface area contributed by atoms with E-state index in [2.05, 4.69) is 53.7 Å². The maximum Gasteiger partial charge on any atom is 0.267 e. The number of aromatic nitrogens is 2. The van der Waals surface area contributed by atoms with Crippen molar-refractivity contribution in [3.05, 3.63) is 21.2 Å². The molecule has 0 bridgehead atoms. The molecule has 0 aliphatic heterocycles. The lowest BCUT2D eigenvalue weighted by Gasteiger charge is -2.22. The molecule has 0 saturated carbocycles. The molecule has 1 rings (SSSR count). The Morgan fingerprint density at radius 2 is 2.27 bits per heavy atom. The minimum atomic E-state index is -0.143. The first-order chi connectivity index (χ1) is 7.20. The van der Waals surface area contributed by atoms with Crippen LogP contribution in [0.25, 0.3) is 0 Å². The van der Waals surface area contributed by atoms with Gasteiger partial charge in [-0.3, -0.25) is 4.79 Å². The van der Waals surface area contributed by atoms with E-state index in [-0.39, 0.29) is 5.56 Å². The first-order valence-corrected chi connectivity index (χ1v) is 6.66. The summed E-state index contributed by atoms with van der Waals surface area (Å²) in [6, 6.07) is 0. The van der Waals surface area contributed by atoms with Crippen LogP contribution in [0.1, 0.15) is 13.3 Å². The van der Waals surface area contributed by atoms with Gasteiger partial charge < -0.3 is 9.88 Å². The zero-order chi connectivity index (χ0) is 11.3. The van der Waals surface area contributed by atoms with Crippen LogP contribution >= 0.6 is 31.9 Å². The van der Waals surface area contributed by atoms with E-state index in [0.29, 0.717) is 10.3 Å². The topological polar surface area (TPSA) is 49.0 Å². The third-order valence-electron chi connectivity index (χ3n) is 1.93. The van der Waals surface area contributed by atoms with E-state index in [1.807, 2.05) is 0 Å². The summed E-state index contributed by atoms with van der Waals surface area (Å²) in [7, 11) is 0. The summed E-state index contributed by atoms with van der Waals surface area (Å²) in [4.78, 5) is 20.2. The van der Waals surface area contributed by atoms with Crippen LogP contribution in [0.15, 0.2) is 15.6 Å². The van der Waals surface area contributed by atoms with Crippen LogP contribution in [0, 0.1) is 0 Å². The van der Waals surface area contributed by atoms with Gasteiger partial charge in [-0.25, -0.2) is 4.98 Å². The monoisotopic (exact) mass is 337 g/mol. The number of rotatable bonds is 5. The van der Waals surface area contributed by atoms with Gasteiger partial charge in [0.05, 0.1) is 6.33 Å². The number of nitrogens with one attached hydrogen (secondary N) is 1. The Hall–Kier alpha value is -0.360. The van der Waals surface area contributed by atoms with Crippen LogP contribution in [-0.2, 0) is 0 Å². The SMILES string of the molecule is CCCN(CCBr)c1nc[nH]c(=O)c1Br. The van der Waals surface area contributed by atoms with Crippen LogP contribution in [0.2, 0.25) is 0 Å². The lowest BCUT2D eigenvalue weighted by molar-refractivity contribution is 0.777. The highest BCUT2D eigenvalue weighted by atomic mass is 79.9. The maximum absolute atomic E-state index is 11.4. The highest BCUT2D eigenvalue weighted by Gasteiger charge is 2.12. The zero-order valence-electron chi connectivity index (χ0n) is 8.46. The van der Waals surface area contributed by atoms with Gasteiger partial charge in [0.2, 0.25) is 0 Å². The van der Waals surface area contributed by atoms with Crippen molar-refractivity contribution in [1.29, 1.82) is 0 Å². The smallest absolute Gasteiger partial charge is 0.267 e. The third kappa shape index (κ3) is 3.31. The predicted molar refractivity (Wildman–Crippen MR) is 68.9 cm³/mol.